The fourth-order valence-electron chi connectivity index (χ4n) is 2.36. The third-order valence-corrected chi connectivity index (χ3v) is 4.52. The van der Waals surface area contributed by atoms with Crippen LogP contribution < -0.4 is 5.32 Å². The van der Waals surface area contributed by atoms with Crippen LogP contribution in [0.15, 0.2) is 0 Å². The molecule has 0 radical (unpaired) electrons. The van der Waals surface area contributed by atoms with Crippen molar-refractivity contribution in [1.29, 1.82) is 0 Å². The van der Waals surface area contributed by atoms with E-state index in [0.717, 1.165) is 25.1 Å². The lowest BCUT2D eigenvalue weighted by atomic mass is 9.97. The van der Waals surface area contributed by atoms with Crippen molar-refractivity contribution in [3.8, 4) is 0 Å². The summed E-state index contributed by atoms with van der Waals surface area (Å²) in [6.45, 7) is 11.5. The molecule has 0 aliphatic carbocycles. The molecular weight excluding hydrogens is 260 g/mol. The van der Waals surface area contributed by atoms with E-state index in [4.69, 9.17) is 0 Å². The van der Waals surface area contributed by atoms with Gasteiger partial charge in [-0.3, -0.25) is 0 Å². The molecule has 1 aliphatic rings. The van der Waals surface area contributed by atoms with Gasteiger partial charge >= 0.3 is 6.03 Å². The fraction of sp³-hybridized carbons (Fsp3) is 0.929. The minimum atomic E-state index is -0.825. The van der Waals surface area contributed by atoms with Crippen LogP contribution in [0.5, 0.6) is 0 Å². The SMILES string of the molecule is CC(C)(C)SCCNC(=O)N1CCC[C@@H]1C(C)(C)O. The molecule has 1 heterocycles. The van der Waals surface area contributed by atoms with Crippen molar-refractivity contribution < 1.29 is 9.90 Å². The molecule has 1 atom stereocenters. The van der Waals surface area contributed by atoms with Crippen LogP contribution in [0.1, 0.15) is 47.5 Å². The normalized spacial score (nSPS) is 20.7. The minimum Gasteiger partial charge on any atom is -0.388 e. The summed E-state index contributed by atoms with van der Waals surface area (Å²) in [5.74, 6) is 0.913. The lowest BCUT2D eigenvalue weighted by molar-refractivity contribution is 0.00991. The zero-order valence-corrected chi connectivity index (χ0v) is 13.6. The Bertz CT molecular complexity index is 308. The highest BCUT2D eigenvalue weighted by Gasteiger charge is 2.38. The van der Waals surface area contributed by atoms with E-state index >= 15 is 0 Å². The molecule has 0 aromatic rings. The van der Waals surface area contributed by atoms with Gasteiger partial charge < -0.3 is 15.3 Å². The van der Waals surface area contributed by atoms with Gasteiger partial charge in [-0.05, 0) is 26.7 Å². The van der Waals surface area contributed by atoms with Crippen LogP contribution in [-0.2, 0) is 0 Å². The van der Waals surface area contributed by atoms with Crippen molar-refractivity contribution in [3.05, 3.63) is 0 Å². The second-order valence-electron chi connectivity index (χ2n) is 6.70. The third kappa shape index (κ3) is 5.61. The molecule has 5 heteroatoms. The minimum absolute atomic E-state index is 0.0425. The van der Waals surface area contributed by atoms with E-state index in [2.05, 4.69) is 26.1 Å². The number of amides is 2. The smallest absolute Gasteiger partial charge is 0.317 e. The highest BCUT2D eigenvalue weighted by molar-refractivity contribution is 8.00. The molecule has 19 heavy (non-hydrogen) atoms. The average molecular weight is 288 g/mol. The Morgan fingerprint density at radius 2 is 2.00 bits per heavy atom. The van der Waals surface area contributed by atoms with Gasteiger partial charge in [-0.2, -0.15) is 11.8 Å². The topological polar surface area (TPSA) is 52.6 Å². The fourth-order valence-corrected chi connectivity index (χ4v) is 3.18. The molecule has 0 bridgehead atoms. The van der Waals surface area contributed by atoms with E-state index in [1.54, 1.807) is 18.7 Å². The first-order chi connectivity index (χ1) is 8.61. The first-order valence-electron chi connectivity index (χ1n) is 7.02. The number of rotatable bonds is 4. The number of likely N-dealkylation sites (tertiary alicyclic amines) is 1. The monoisotopic (exact) mass is 288 g/mol. The Morgan fingerprint density at radius 1 is 1.37 bits per heavy atom. The van der Waals surface area contributed by atoms with Gasteiger partial charge in [-0.15, -0.1) is 0 Å². The number of carbonyl (C=O) groups is 1. The molecule has 1 aliphatic heterocycles. The third-order valence-electron chi connectivity index (χ3n) is 3.24. The summed E-state index contributed by atoms with van der Waals surface area (Å²) >= 11 is 1.84. The van der Waals surface area contributed by atoms with E-state index in [0.29, 0.717) is 6.54 Å². The number of urea groups is 1. The summed E-state index contributed by atoms with van der Waals surface area (Å²) in [5.41, 5.74) is -0.825. The number of thioether (sulfide) groups is 1. The second kappa shape index (κ2) is 6.35. The molecule has 0 aromatic carbocycles. The Kier molecular flexibility index (Phi) is 5.56. The van der Waals surface area contributed by atoms with Crippen LogP contribution in [0, 0.1) is 0 Å². The van der Waals surface area contributed by atoms with Crippen molar-refractivity contribution in [2.24, 2.45) is 0 Å². The molecule has 0 aromatic heterocycles. The molecule has 0 saturated carbocycles. The highest BCUT2D eigenvalue weighted by atomic mass is 32.2. The summed E-state index contributed by atoms with van der Waals surface area (Å²) in [7, 11) is 0. The van der Waals surface area contributed by atoms with Crippen molar-refractivity contribution in [1.82, 2.24) is 10.2 Å². The van der Waals surface area contributed by atoms with Crippen molar-refractivity contribution >= 4 is 17.8 Å². The van der Waals surface area contributed by atoms with Gasteiger partial charge in [-0.1, -0.05) is 20.8 Å². The van der Waals surface area contributed by atoms with Crippen molar-refractivity contribution in [3.63, 3.8) is 0 Å². The van der Waals surface area contributed by atoms with Gasteiger partial charge in [0.05, 0.1) is 11.6 Å². The van der Waals surface area contributed by atoms with Gasteiger partial charge in [0.25, 0.3) is 0 Å². The van der Waals surface area contributed by atoms with Crippen LogP contribution in [0.2, 0.25) is 0 Å². The number of nitrogens with one attached hydrogen (secondary N) is 1. The van der Waals surface area contributed by atoms with Crippen LogP contribution >= 0.6 is 11.8 Å². The zero-order valence-electron chi connectivity index (χ0n) is 12.8. The number of hydrogen-bond donors (Lipinski definition) is 2. The summed E-state index contributed by atoms with van der Waals surface area (Å²) in [5, 5.41) is 13.0. The van der Waals surface area contributed by atoms with E-state index in [1.165, 1.54) is 0 Å². The predicted molar refractivity (Wildman–Crippen MR) is 81.6 cm³/mol. The lowest BCUT2D eigenvalue weighted by Crippen LogP contribution is -2.51. The molecule has 1 fully saturated rings. The summed E-state index contributed by atoms with van der Waals surface area (Å²) in [6, 6.07) is -0.109. The predicted octanol–water partition coefficient (Wildman–Crippen LogP) is 2.46. The van der Waals surface area contributed by atoms with Crippen LogP contribution in [0.25, 0.3) is 0 Å². The van der Waals surface area contributed by atoms with Crippen LogP contribution in [0.4, 0.5) is 4.79 Å². The van der Waals surface area contributed by atoms with Gasteiger partial charge in [-0.25, -0.2) is 4.79 Å². The lowest BCUT2D eigenvalue weighted by Gasteiger charge is -2.33. The molecule has 2 N–H and O–H groups in total. The van der Waals surface area contributed by atoms with E-state index in [-0.39, 0.29) is 16.8 Å². The average Bonchev–Trinajstić information content (AvgIpc) is 2.71. The molecular formula is C14H28N2O2S. The van der Waals surface area contributed by atoms with Gasteiger partial charge in [0.2, 0.25) is 0 Å². The number of hydrogen-bond acceptors (Lipinski definition) is 3. The van der Waals surface area contributed by atoms with Gasteiger partial charge in [0.15, 0.2) is 0 Å². The second-order valence-corrected chi connectivity index (χ2v) is 8.62. The van der Waals surface area contributed by atoms with Crippen LogP contribution in [-0.4, -0.2) is 51.3 Å². The molecule has 2 amide bonds. The summed E-state index contributed by atoms with van der Waals surface area (Å²) in [6.07, 6.45) is 1.85. The van der Waals surface area contributed by atoms with Crippen molar-refractivity contribution in [2.75, 3.05) is 18.8 Å². The zero-order chi connectivity index (χ0) is 14.7. The van der Waals surface area contributed by atoms with Crippen molar-refractivity contribution in [2.45, 2.75) is 63.9 Å². The quantitative estimate of drug-likeness (QED) is 0.781. The number of nitrogens with zero attached hydrogens (tertiary/aromatic N) is 1. The largest absolute Gasteiger partial charge is 0.388 e. The Hall–Kier alpha value is -0.420. The Balaban J connectivity index is 2.37. The molecule has 112 valence electrons. The first-order valence-corrected chi connectivity index (χ1v) is 8.00. The summed E-state index contributed by atoms with van der Waals surface area (Å²) < 4.78 is 0.230. The molecule has 0 spiro atoms. The van der Waals surface area contributed by atoms with E-state index in [1.807, 2.05) is 11.8 Å². The molecule has 0 unspecified atom stereocenters. The van der Waals surface area contributed by atoms with E-state index < -0.39 is 5.60 Å². The summed E-state index contributed by atoms with van der Waals surface area (Å²) in [4.78, 5) is 13.9. The first kappa shape index (κ1) is 16.6. The molecule has 1 rings (SSSR count). The molecule has 1 saturated heterocycles. The maximum atomic E-state index is 12.1. The maximum Gasteiger partial charge on any atom is 0.317 e. The van der Waals surface area contributed by atoms with Crippen LogP contribution in [0.3, 0.4) is 0 Å². The number of carbonyl (C=O) groups excluding carboxylic acids is 1. The maximum absolute atomic E-state index is 12.1. The van der Waals surface area contributed by atoms with E-state index in [9.17, 15) is 9.90 Å². The van der Waals surface area contributed by atoms with Gasteiger partial charge in [0, 0.05) is 23.6 Å². The molecule has 4 nitrogen and oxygen atoms in total. The highest BCUT2D eigenvalue weighted by Crippen LogP contribution is 2.26. The standard InChI is InChI=1S/C14H28N2O2S/c1-13(2,3)19-10-8-15-12(17)16-9-6-7-11(16)14(4,5)18/h11,18H,6-10H2,1-5H3,(H,15,17)/t11-/m1/s1. The number of aliphatic hydroxyl groups is 1. The Morgan fingerprint density at radius 3 is 2.53 bits per heavy atom. The Labute approximate surface area is 121 Å². The van der Waals surface area contributed by atoms with Gasteiger partial charge in [0.1, 0.15) is 0 Å².